The number of allylic oxidation sites excluding steroid dienone is 2. The average molecular weight is 270 g/mol. The van der Waals surface area contributed by atoms with Gasteiger partial charge in [-0.15, -0.1) is 0 Å². The van der Waals surface area contributed by atoms with E-state index in [0.29, 0.717) is 28.6 Å². The summed E-state index contributed by atoms with van der Waals surface area (Å²) < 4.78 is 0. The van der Waals surface area contributed by atoms with Crippen LogP contribution in [-0.2, 0) is 9.59 Å². The lowest BCUT2D eigenvalue weighted by molar-refractivity contribution is -0.123. The molecule has 0 heterocycles. The number of fused-ring (bicyclic) bond motifs is 11. The van der Waals surface area contributed by atoms with E-state index in [0.717, 1.165) is 6.42 Å². The van der Waals surface area contributed by atoms with Gasteiger partial charge in [-0.05, 0) is 47.8 Å². The second kappa shape index (κ2) is 2.98. The van der Waals surface area contributed by atoms with E-state index < -0.39 is 0 Å². The maximum absolute atomic E-state index is 12.3. The fraction of sp³-hybridized carbons (Fsp3) is 0.778. The van der Waals surface area contributed by atoms with Crippen LogP contribution in [0, 0.1) is 40.4 Å². The largest absolute Gasteiger partial charge is 0.299 e. The third-order valence-electron chi connectivity index (χ3n) is 8.13. The van der Waals surface area contributed by atoms with Crippen LogP contribution in [0.25, 0.3) is 0 Å². The number of ketones is 2. The summed E-state index contributed by atoms with van der Waals surface area (Å²) in [7, 11) is 0. The molecule has 6 atom stereocenters. The van der Waals surface area contributed by atoms with Crippen LogP contribution in [0.5, 0.6) is 0 Å². The number of carbonyl (C=O) groups is 2. The smallest absolute Gasteiger partial charge is 0.144 e. The first-order valence-corrected chi connectivity index (χ1v) is 8.18. The molecule has 0 N–H and O–H groups in total. The van der Waals surface area contributed by atoms with Gasteiger partial charge in [0.1, 0.15) is 11.6 Å². The van der Waals surface area contributed by atoms with Crippen molar-refractivity contribution in [3.63, 3.8) is 0 Å². The Morgan fingerprint density at radius 2 is 1.65 bits per heavy atom. The summed E-state index contributed by atoms with van der Waals surface area (Å²) in [6.07, 6.45) is 3.92. The minimum Gasteiger partial charge on any atom is -0.299 e. The van der Waals surface area contributed by atoms with Crippen molar-refractivity contribution in [3.05, 3.63) is 11.1 Å². The van der Waals surface area contributed by atoms with Crippen molar-refractivity contribution in [2.75, 3.05) is 0 Å². The first kappa shape index (κ1) is 11.7. The molecule has 4 bridgehead atoms. The number of hydrogen-bond acceptors (Lipinski definition) is 2. The van der Waals surface area contributed by atoms with Crippen LogP contribution >= 0.6 is 0 Å². The summed E-state index contributed by atoms with van der Waals surface area (Å²) in [5.41, 5.74) is 3.92. The van der Waals surface area contributed by atoms with Crippen LogP contribution in [0.15, 0.2) is 11.1 Å². The summed E-state index contributed by atoms with van der Waals surface area (Å²) in [6.45, 7) is 7.27. The van der Waals surface area contributed by atoms with Gasteiger partial charge in [0.2, 0.25) is 0 Å². The molecule has 3 fully saturated rings. The van der Waals surface area contributed by atoms with Crippen molar-refractivity contribution in [3.8, 4) is 0 Å². The SMILES string of the molecule is CC12CCC(C3=C1C1CC3C3C(=O)CC(=O)C13)C2(C)C. The highest BCUT2D eigenvalue weighted by atomic mass is 16.2. The van der Waals surface area contributed by atoms with E-state index in [1.807, 2.05) is 0 Å². The molecular weight excluding hydrogens is 248 g/mol. The standard InChI is InChI=1S/C18H22O2/c1-17(2)10-4-5-18(17,3)16-9-6-8(13(10)16)14-11(19)7-12(20)15(9)14/h8-10,14-15H,4-7H2,1-3H3. The van der Waals surface area contributed by atoms with E-state index in [1.54, 1.807) is 11.1 Å². The molecule has 20 heavy (non-hydrogen) atoms. The number of Topliss-reactive ketones (excluding diaryl/α,β-unsaturated/α-hetero) is 2. The highest BCUT2D eigenvalue weighted by Gasteiger charge is 2.71. The van der Waals surface area contributed by atoms with Crippen molar-refractivity contribution in [2.24, 2.45) is 40.4 Å². The van der Waals surface area contributed by atoms with Gasteiger partial charge < -0.3 is 0 Å². The fourth-order valence-electron chi connectivity index (χ4n) is 7.06. The maximum Gasteiger partial charge on any atom is 0.144 e. The topological polar surface area (TPSA) is 34.1 Å². The normalized spacial score (nSPS) is 54.0. The molecule has 5 rings (SSSR count). The zero-order chi connectivity index (χ0) is 14.0. The molecule has 0 aromatic rings. The van der Waals surface area contributed by atoms with Crippen LogP contribution in [-0.4, -0.2) is 11.6 Å². The highest BCUT2D eigenvalue weighted by Crippen LogP contribution is 2.77. The van der Waals surface area contributed by atoms with Crippen LogP contribution in [0.4, 0.5) is 0 Å². The number of hydrogen-bond donors (Lipinski definition) is 0. The molecule has 0 aromatic carbocycles. The van der Waals surface area contributed by atoms with Crippen LogP contribution in [0.2, 0.25) is 0 Å². The van der Waals surface area contributed by atoms with E-state index in [-0.39, 0.29) is 29.8 Å². The van der Waals surface area contributed by atoms with E-state index >= 15 is 0 Å². The molecule has 5 aliphatic rings. The Hall–Kier alpha value is -0.920. The summed E-state index contributed by atoms with van der Waals surface area (Å²) in [5, 5.41) is 0. The second-order valence-electron chi connectivity index (χ2n) is 8.62. The molecule has 0 radical (unpaired) electrons. The van der Waals surface area contributed by atoms with E-state index in [1.165, 1.54) is 12.8 Å². The predicted octanol–water partition coefficient (Wildman–Crippen LogP) is 3.16. The molecule has 0 aromatic heterocycles. The van der Waals surface area contributed by atoms with Crippen LogP contribution in [0.3, 0.4) is 0 Å². The van der Waals surface area contributed by atoms with Crippen molar-refractivity contribution in [2.45, 2.75) is 46.5 Å². The summed E-state index contributed by atoms with van der Waals surface area (Å²) in [6, 6.07) is 0. The summed E-state index contributed by atoms with van der Waals surface area (Å²) >= 11 is 0. The zero-order valence-electron chi connectivity index (χ0n) is 12.5. The minimum atomic E-state index is 0.0678. The molecule has 106 valence electrons. The van der Waals surface area contributed by atoms with Gasteiger partial charge in [-0.1, -0.05) is 31.9 Å². The first-order chi connectivity index (χ1) is 9.38. The van der Waals surface area contributed by atoms with Crippen LogP contribution < -0.4 is 0 Å². The Morgan fingerprint density at radius 3 is 2.35 bits per heavy atom. The van der Waals surface area contributed by atoms with Crippen molar-refractivity contribution in [1.29, 1.82) is 0 Å². The van der Waals surface area contributed by atoms with Gasteiger partial charge in [-0.25, -0.2) is 0 Å². The van der Waals surface area contributed by atoms with Gasteiger partial charge >= 0.3 is 0 Å². The van der Waals surface area contributed by atoms with E-state index in [4.69, 9.17) is 0 Å². The Labute approximate surface area is 120 Å². The second-order valence-corrected chi connectivity index (χ2v) is 8.62. The quantitative estimate of drug-likeness (QED) is 0.385. The summed E-state index contributed by atoms with van der Waals surface area (Å²) in [5.74, 6) is 2.19. The number of carbonyl (C=O) groups excluding carboxylic acids is 2. The van der Waals surface area contributed by atoms with Gasteiger partial charge in [0.25, 0.3) is 0 Å². The van der Waals surface area contributed by atoms with Crippen LogP contribution in [0.1, 0.15) is 46.5 Å². The lowest BCUT2D eigenvalue weighted by Crippen LogP contribution is -2.34. The number of rotatable bonds is 0. The van der Waals surface area contributed by atoms with Gasteiger partial charge in [-0.3, -0.25) is 9.59 Å². The first-order valence-electron chi connectivity index (χ1n) is 8.18. The van der Waals surface area contributed by atoms with Crippen molar-refractivity contribution < 1.29 is 9.59 Å². The molecular formula is C18H22O2. The van der Waals surface area contributed by atoms with Crippen molar-refractivity contribution >= 4 is 11.6 Å². The van der Waals surface area contributed by atoms with E-state index in [9.17, 15) is 9.59 Å². The lowest BCUT2D eigenvalue weighted by Gasteiger charge is -2.40. The highest BCUT2D eigenvalue weighted by molar-refractivity contribution is 6.10. The Balaban J connectivity index is 1.71. The van der Waals surface area contributed by atoms with Crippen molar-refractivity contribution in [1.82, 2.24) is 0 Å². The lowest BCUT2D eigenvalue weighted by atomic mass is 9.63. The van der Waals surface area contributed by atoms with Gasteiger partial charge in [0.15, 0.2) is 0 Å². The molecule has 0 aliphatic heterocycles. The fourth-order valence-corrected chi connectivity index (χ4v) is 7.06. The Morgan fingerprint density at radius 1 is 1.00 bits per heavy atom. The molecule has 0 saturated heterocycles. The monoisotopic (exact) mass is 270 g/mol. The molecule has 2 heteroatoms. The maximum atomic E-state index is 12.3. The molecule has 0 spiro atoms. The average Bonchev–Trinajstić information content (AvgIpc) is 3.07. The van der Waals surface area contributed by atoms with Gasteiger partial charge in [0.05, 0.1) is 6.42 Å². The predicted molar refractivity (Wildman–Crippen MR) is 74.8 cm³/mol. The summed E-state index contributed by atoms with van der Waals surface area (Å²) in [4.78, 5) is 24.5. The third-order valence-corrected chi connectivity index (χ3v) is 8.13. The van der Waals surface area contributed by atoms with Gasteiger partial charge in [0, 0.05) is 11.8 Å². The Kier molecular flexibility index (Phi) is 1.74. The van der Waals surface area contributed by atoms with E-state index in [2.05, 4.69) is 20.8 Å². The Bertz CT molecular complexity index is 611. The minimum absolute atomic E-state index is 0.0678. The zero-order valence-corrected chi connectivity index (χ0v) is 12.5. The third kappa shape index (κ3) is 0.899. The molecule has 5 aliphatic carbocycles. The molecule has 3 saturated carbocycles. The molecule has 0 amide bonds. The molecule has 2 nitrogen and oxygen atoms in total. The van der Waals surface area contributed by atoms with Gasteiger partial charge in [-0.2, -0.15) is 0 Å². The molecule has 6 unspecified atom stereocenters.